The normalized spacial score (nSPS) is 17.2. The molecule has 4 rings (SSSR count). The Morgan fingerprint density at radius 1 is 0.969 bits per heavy atom. The SMILES string of the molecule is COc1ccc(NC(=O)O[C@@H]2C=C[C@@H](c3c(C)nn(-c4ccc(OC)cc4)c3C)C2)cc1. The van der Waals surface area contributed by atoms with Gasteiger partial charge in [-0.05, 0) is 74.9 Å². The van der Waals surface area contributed by atoms with Crippen molar-refractivity contribution in [3.05, 3.63) is 77.6 Å². The fraction of sp³-hybridized carbons (Fsp3) is 0.280. The molecule has 2 atom stereocenters. The number of carbonyl (C=O) groups is 1. The zero-order valence-electron chi connectivity index (χ0n) is 18.7. The maximum atomic E-state index is 12.3. The number of hydrogen-bond donors (Lipinski definition) is 1. The van der Waals surface area contributed by atoms with Gasteiger partial charge in [0.15, 0.2) is 0 Å². The third-order valence-electron chi connectivity index (χ3n) is 5.67. The van der Waals surface area contributed by atoms with Gasteiger partial charge in [-0.1, -0.05) is 6.08 Å². The van der Waals surface area contributed by atoms with Crippen LogP contribution in [0.4, 0.5) is 10.5 Å². The predicted octanol–water partition coefficient (Wildman–Crippen LogP) is 5.17. The van der Waals surface area contributed by atoms with E-state index in [0.29, 0.717) is 12.1 Å². The first-order valence-corrected chi connectivity index (χ1v) is 10.5. The minimum Gasteiger partial charge on any atom is -0.497 e. The van der Waals surface area contributed by atoms with Crippen molar-refractivity contribution in [1.29, 1.82) is 0 Å². The molecule has 0 aliphatic heterocycles. The first-order chi connectivity index (χ1) is 15.5. The first-order valence-electron chi connectivity index (χ1n) is 10.5. The Morgan fingerprint density at radius 2 is 1.59 bits per heavy atom. The van der Waals surface area contributed by atoms with Gasteiger partial charge in [0.1, 0.15) is 17.6 Å². The Kier molecular flexibility index (Phi) is 6.16. The molecule has 0 saturated heterocycles. The Morgan fingerprint density at radius 3 is 2.22 bits per heavy atom. The molecule has 1 aromatic heterocycles. The fourth-order valence-corrected chi connectivity index (χ4v) is 4.09. The minimum absolute atomic E-state index is 0.140. The average Bonchev–Trinajstić information content (AvgIpc) is 3.37. The summed E-state index contributed by atoms with van der Waals surface area (Å²) in [6.07, 6.45) is 3.96. The summed E-state index contributed by atoms with van der Waals surface area (Å²) >= 11 is 0. The van der Waals surface area contributed by atoms with Gasteiger partial charge in [0.2, 0.25) is 0 Å². The van der Waals surface area contributed by atoms with E-state index >= 15 is 0 Å². The summed E-state index contributed by atoms with van der Waals surface area (Å²) in [4.78, 5) is 12.3. The molecule has 0 unspecified atom stereocenters. The molecular formula is C25H27N3O4. The fourth-order valence-electron chi connectivity index (χ4n) is 4.09. The summed E-state index contributed by atoms with van der Waals surface area (Å²) in [5.41, 5.74) is 4.84. The molecule has 32 heavy (non-hydrogen) atoms. The minimum atomic E-state index is -0.479. The Balaban J connectivity index is 1.41. The van der Waals surface area contributed by atoms with Crippen molar-refractivity contribution in [2.75, 3.05) is 19.5 Å². The van der Waals surface area contributed by atoms with E-state index in [4.69, 9.17) is 19.3 Å². The second kappa shape index (κ2) is 9.18. The predicted molar refractivity (Wildman–Crippen MR) is 123 cm³/mol. The van der Waals surface area contributed by atoms with Crippen LogP contribution >= 0.6 is 0 Å². The monoisotopic (exact) mass is 433 g/mol. The number of benzene rings is 2. The number of hydrogen-bond acceptors (Lipinski definition) is 5. The zero-order chi connectivity index (χ0) is 22.7. The molecule has 0 saturated carbocycles. The molecule has 3 aromatic rings. The van der Waals surface area contributed by atoms with Gasteiger partial charge in [-0.2, -0.15) is 5.10 Å². The van der Waals surface area contributed by atoms with Crippen molar-refractivity contribution in [2.24, 2.45) is 0 Å². The van der Waals surface area contributed by atoms with Crippen molar-refractivity contribution in [2.45, 2.75) is 32.3 Å². The number of nitrogens with one attached hydrogen (secondary N) is 1. The quantitative estimate of drug-likeness (QED) is 0.543. The van der Waals surface area contributed by atoms with E-state index in [1.165, 1.54) is 5.56 Å². The summed E-state index contributed by atoms with van der Waals surface area (Å²) in [7, 11) is 3.25. The highest BCUT2D eigenvalue weighted by Crippen LogP contribution is 2.35. The molecule has 166 valence electrons. The van der Waals surface area contributed by atoms with Crippen molar-refractivity contribution >= 4 is 11.8 Å². The average molecular weight is 434 g/mol. The van der Waals surface area contributed by atoms with E-state index in [-0.39, 0.29) is 12.0 Å². The number of aromatic nitrogens is 2. The molecule has 1 amide bonds. The van der Waals surface area contributed by atoms with E-state index in [1.54, 1.807) is 38.5 Å². The highest BCUT2D eigenvalue weighted by atomic mass is 16.6. The lowest BCUT2D eigenvalue weighted by Gasteiger charge is -2.15. The summed E-state index contributed by atoms with van der Waals surface area (Å²) in [5, 5.41) is 7.50. The molecule has 1 heterocycles. The highest BCUT2D eigenvalue weighted by Gasteiger charge is 2.28. The van der Waals surface area contributed by atoms with Gasteiger partial charge in [-0.25, -0.2) is 9.48 Å². The molecule has 0 bridgehead atoms. The lowest BCUT2D eigenvalue weighted by Crippen LogP contribution is -2.20. The van der Waals surface area contributed by atoms with Gasteiger partial charge in [-0.3, -0.25) is 5.32 Å². The number of rotatable bonds is 6. The maximum absolute atomic E-state index is 12.3. The summed E-state index contributed by atoms with van der Waals surface area (Å²) in [6, 6.07) is 14.9. The Hall–Kier alpha value is -3.74. The van der Waals surface area contributed by atoms with Crippen molar-refractivity contribution in [1.82, 2.24) is 9.78 Å². The number of ether oxygens (including phenoxy) is 3. The smallest absolute Gasteiger partial charge is 0.412 e. The molecule has 7 heteroatoms. The molecule has 1 aliphatic rings. The molecule has 0 spiro atoms. The van der Waals surface area contributed by atoms with Gasteiger partial charge in [0.25, 0.3) is 0 Å². The highest BCUT2D eigenvalue weighted by molar-refractivity contribution is 5.84. The van der Waals surface area contributed by atoms with Crippen LogP contribution in [0.25, 0.3) is 5.69 Å². The molecular weight excluding hydrogens is 406 g/mol. The number of aryl methyl sites for hydroxylation is 1. The van der Waals surface area contributed by atoms with Crippen LogP contribution in [-0.4, -0.2) is 36.2 Å². The van der Waals surface area contributed by atoms with Crippen LogP contribution < -0.4 is 14.8 Å². The van der Waals surface area contributed by atoms with E-state index in [1.807, 2.05) is 41.9 Å². The van der Waals surface area contributed by atoms with E-state index in [0.717, 1.165) is 28.6 Å². The van der Waals surface area contributed by atoms with Crippen LogP contribution in [0.1, 0.15) is 29.3 Å². The second-order valence-corrected chi connectivity index (χ2v) is 7.72. The van der Waals surface area contributed by atoms with E-state index < -0.39 is 6.09 Å². The van der Waals surface area contributed by atoms with Crippen LogP contribution in [0.5, 0.6) is 11.5 Å². The van der Waals surface area contributed by atoms with Gasteiger partial charge in [-0.15, -0.1) is 0 Å². The van der Waals surface area contributed by atoms with Crippen molar-refractivity contribution in [3.63, 3.8) is 0 Å². The number of anilines is 1. The second-order valence-electron chi connectivity index (χ2n) is 7.72. The third-order valence-corrected chi connectivity index (χ3v) is 5.67. The van der Waals surface area contributed by atoms with Crippen molar-refractivity contribution < 1.29 is 19.0 Å². The largest absolute Gasteiger partial charge is 0.497 e. The number of amides is 1. The zero-order valence-corrected chi connectivity index (χ0v) is 18.7. The molecule has 2 aromatic carbocycles. The molecule has 7 nitrogen and oxygen atoms in total. The molecule has 0 radical (unpaired) electrons. The Bertz CT molecular complexity index is 1120. The summed E-state index contributed by atoms with van der Waals surface area (Å²) < 4.78 is 17.9. The third kappa shape index (κ3) is 4.46. The molecule has 1 N–H and O–H groups in total. The van der Waals surface area contributed by atoms with Gasteiger partial charge in [0, 0.05) is 22.9 Å². The summed E-state index contributed by atoms with van der Waals surface area (Å²) in [6.45, 7) is 4.08. The molecule has 1 aliphatic carbocycles. The topological polar surface area (TPSA) is 74.6 Å². The number of methoxy groups -OCH3 is 2. The van der Waals surface area contributed by atoms with Crippen LogP contribution in [0.15, 0.2) is 60.7 Å². The van der Waals surface area contributed by atoms with Crippen molar-refractivity contribution in [3.8, 4) is 17.2 Å². The standard InChI is InChI=1S/C25H27N3O4/c1-16-24(17(2)28(27-16)20-8-13-22(31-4)14-9-20)18-5-10-23(15-18)32-25(29)26-19-6-11-21(30-3)12-7-19/h5-14,18,23H,15H2,1-4H3,(H,26,29)/t18-,23-/m1/s1. The van der Waals surface area contributed by atoms with Gasteiger partial charge >= 0.3 is 6.09 Å². The van der Waals surface area contributed by atoms with Crippen LogP contribution in [0.3, 0.4) is 0 Å². The number of carbonyl (C=O) groups excluding carboxylic acids is 1. The van der Waals surface area contributed by atoms with E-state index in [2.05, 4.69) is 18.3 Å². The maximum Gasteiger partial charge on any atom is 0.412 e. The Labute approximate surface area is 187 Å². The van der Waals surface area contributed by atoms with E-state index in [9.17, 15) is 4.79 Å². The van der Waals surface area contributed by atoms with Gasteiger partial charge in [0.05, 0.1) is 25.6 Å². The molecule has 0 fully saturated rings. The van der Waals surface area contributed by atoms with Crippen LogP contribution in [0, 0.1) is 13.8 Å². The summed E-state index contributed by atoms with van der Waals surface area (Å²) in [5.74, 6) is 1.68. The first kappa shape index (κ1) is 21.5. The van der Waals surface area contributed by atoms with Crippen LogP contribution in [-0.2, 0) is 4.74 Å². The van der Waals surface area contributed by atoms with Crippen LogP contribution in [0.2, 0.25) is 0 Å². The lowest BCUT2D eigenvalue weighted by molar-refractivity contribution is 0.132. The lowest BCUT2D eigenvalue weighted by atomic mass is 9.96. The number of nitrogens with zero attached hydrogens (tertiary/aromatic N) is 2. The van der Waals surface area contributed by atoms with Gasteiger partial charge < -0.3 is 14.2 Å². The number of allylic oxidation sites excluding steroid dienone is 1.